The number of halogens is 1. The molecule has 0 heterocycles. The first-order valence-corrected chi connectivity index (χ1v) is 5.71. The topological polar surface area (TPSA) is 102 Å². The highest BCUT2D eigenvalue weighted by Crippen LogP contribution is 2.30. The molecule has 0 aliphatic heterocycles. The molecule has 0 spiro atoms. The highest BCUT2D eigenvalue weighted by atomic mass is 19.1. The Bertz CT molecular complexity index is 539. The molecule has 0 unspecified atom stereocenters. The fourth-order valence-electron chi connectivity index (χ4n) is 1.50. The van der Waals surface area contributed by atoms with Crippen LogP contribution in [0.4, 0.5) is 20.6 Å². The second-order valence-corrected chi connectivity index (χ2v) is 5.00. The number of nitrogens with one attached hydrogen (secondary N) is 1. The van der Waals surface area contributed by atoms with Crippen LogP contribution in [0.2, 0.25) is 0 Å². The number of hydrogen-bond donors (Lipinski definition) is 2. The lowest BCUT2D eigenvalue weighted by Gasteiger charge is -2.19. The summed E-state index contributed by atoms with van der Waals surface area (Å²) < 4.78 is 18.3. The van der Waals surface area contributed by atoms with Crippen molar-refractivity contribution in [3.63, 3.8) is 0 Å². The van der Waals surface area contributed by atoms with Crippen molar-refractivity contribution < 1.29 is 24.0 Å². The minimum atomic E-state index is -0.949. The number of nitrogens with zero attached hydrogens (tertiary/aromatic N) is 1. The molecule has 1 aromatic carbocycles. The van der Waals surface area contributed by atoms with Crippen molar-refractivity contribution in [2.45, 2.75) is 33.0 Å². The number of benzene rings is 1. The Morgan fingerprint density at radius 2 is 2.10 bits per heavy atom. The smallest absolute Gasteiger partial charge is 0.412 e. The fraction of sp³-hybridized carbons (Fsp3) is 0.417. The van der Waals surface area contributed by atoms with Crippen molar-refractivity contribution >= 4 is 17.5 Å². The Morgan fingerprint density at radius 3 is 2.55 bits per heavy atom. The van der Waals surface area contributed by atoms with Gasteiger partial charge < -0.3 is 9.84 Å². The molecule has 0 fully saturated rings. The summed E-state index contributed by atoms with van der Waals surface area (Å²) in [6.07, 6.45) is -0.949. The third-order valence-electron chi connectivity index (χ3n) is 2.14. The first kappa shape index (κ1) is 15.8. The van der Waals surface area contributed by atoms with Crippen molar-refractivity contribution in [1.82, 2.24) is 0 Å². The summed E-state index contributed by atoms with van der Waals surface area (Å²) in [4.78, 5) is 21.7. The largest absolute Gasteiger partial charge is 0.444 e. The van der Waals surface area contributed by atoms with Gasteiger partial charge in [0.1, 0.15) is 17.1 Å². The Balaban J connectivity index is 3.14. The number of rotatable bonds is 3. The minimum Gasteiger partial charge on any atom is -0.444 e. The number of ether oxygens (including phenoxy) is 1. The molecule has 8 heteroatoms. The van der Waals surface area contributed by atoms with Crippen LogP contribution >= 0.6 is 0 Å². The average Bonchev–Trinajstić information content (AvgIpc) is 2.24. The van der Waals surface area contributed by atoms with Crippen molar-refractivity contribution in [2.24, 2.45) is 0 Å². The number of aliphatic hydroxyl groups excluding tert-OH is 1. The van der Waals surface area contributed by atoms with E-state index < -0.39 is 34.7 Å². The standard InChI is InChI=1S/C12H15FN2O5/c1-12(2,3)20-11(17)14-9-5-8(13)4-7(6-16)10(9)15(18)19/h4-5,16H,6H2,1-3H3,(H,14,17). The number of amides is 1. The molecule has 7 nitrogen and oxygen atoms in total. The molecule has 1 amide bonds. The maximum absolute atomic E-state index is 13.3. The van der Waals surface area contributed by atoms with E-state index in [0.717, 1.165) is 12.1 Å². The number of carbonyl (C=O) groups excluding carboxylic acids is 1. The minimum absolute atomic E-state index is 0.235. The molecule has 0 atom stereocenters. The second-order valence-electron chi connectivity index (χ2n) is 5.00. The van der Waals surface area contributed by atoms with Crippen molar-refractivity contribution in [3.05, 3.63) is 33.6 Å². The molecule has 1 aromatic rings. The van der Waals surface area contributed by atoms with Crippen molar-refractivity contribution in [1.29, 1.82) is 0 Å². The van der Waals surface area contributed by atoms with E-state index in [2.05, 4.69) is 5.32 Å². The normalized spacial score (nSPS) is 11.1. The van der Waals surface area contributed by atoms with Crippen LogP contribution in [0, 0.1) is 15.9 Å². The van der Waals surface area contributed by atoms with Gasteiger partial charge in [-0.05, 0) is 26.8 Å². The zero-order chi connectivity index (χ0) is 15.5. The lowest BCUT2D eigenvalue weighted by molar-refractivity contribution is -0.385. The first-order valence-electron chi connectivity index (χ1n) is 5.71. The molecule has 0 saturated heterocycles. The summed E-state index contributed by atoms with van der Waals surface area (Å²) in [5.74, 6) is -0.814. The van der Waals surface area contributed by atoms with Gasteiger partial charge in [-0.25, -0.2) is 9.18 Å². The summed E-state index contributed by atoms with van der Waals surface area (Å²) in [5.41, 5.74) is -1.97. The van der Waals surface area contributed by atoms with E-state index in [-0.39, 0.29) is 11.3 Å². The molecule has 0 aliphatic carbocycles. The molecule has 0 aromatic heterocycles. The van der Waals surface area contributed by atoms with Gasteiger partial charge in [-0.15, -0.1) is 0 Å². The predicted octanol–water partition coefficient (Wildman–Crippen LogP) is 2.57. The van der Waals surface area contributed by atoms with Gasteiger partial charge >= 0.3 is 6.09 Å². The van der Waals surface area contributed by atoms with E-state index in [0.29, 0.717) is 0 Å². The van der Waals surface area contributed by atoms with Gasteiger partial charge in [0.2, 0.25) is 0 Å². The van der Waals surface area contributed by atoms with E-state index in [9.17, 15) is 19.3 Å². The van der Waals surface area contributed by atoms with Crippen LogP contribution in [0.1, 0.15) is 26.3 Å². The second kappa shape index (κ2) is 5.83. The van der Waals surface area contributed by atoms with Crippen LogP contribution in [0.15, 0.2) is 12.1 Å². The molecule has 0 bridgehead atoms. The van der Waals surface area contributed by atoms with Gasteiger partial charge in [-0.3, -0.25) is 15.4 Å². The van der Waals surface area contributed by atoms with E-state index in [1.807, 2.05) is 0 Å². The molecule has 0 radical (unpaired) electrons. The van der Waals surface area contributed by atoms with E-state index in [1.54, 1.807) is 20.8 Å². The highest BCUT2D eigenvalue weighted by molar-refractivity contribution is 5.88. The SMILES string of the molecule is CC(C)(C)OC(=O)Nc1cc(F)cc(CO)c1[N+](=O)[O-]. The van der Waals surface area contributed by atoms with Crippen LogP contribution < -0.4 is 5.32 Å². The Hall–Kier alpha value is -2.22. The van der Waals surface area contributed by atoms with Crippen LogP contribution in [-0.4, -0.2) is 21.7 Å². The summed E-state index contributed by atoms with van der Waals surface area (Å²) in [6, 6.07) is 1.62. The summed E-state index contributed by atoms with van der Waals surface area (Å²) >= 11 is 0. The number of anilines is 1. The predicted molar refractivity (Wildman–Crippen MR) is 68.8 cm³/mol. The van der Waals surface area contributed by atoms with E-state index in [4.69, 9.17) is 9.84 Å². The molecule has 0 saturated carbocycles. The van der Waals surface area contributed by atoms with Crippen LogP contribution in [-0.2, 0) is 11.3 Å². The Kier molecular flexibility index (Phi) is 4.61. The third kappa shape index (κ3) is 4.16. The maximum Gasteiger partial charge on any atom is 0.412 e. The molecule has 110 valence electrons. The Morgan fingerprint density at radius 1 is 1.50 bits per heavy atom. The highest BCUT2D eigenvalue weighted by Gasteiger charge is 2.24. The summed E-state index contributed by atoms with van der Waals surface area (Å²) in [5, 5.41) is 22.1. The Labute approximate surface area is 114 Å². The number of aliphatic hydroxyl groups is 1. The maximum atomic E-state index is 13.3. The monoisotopic (exact) mass is 286 g/mol. The molecule has 1 rings (SSSR count). The van der Waals surface area contributed by atoms with Gasteiger partial charge in [-0.1, -0.05) is 0 Å². The molecular formula is C12H15FN2O5. The van der Waals surface area contributed by atoms with Gasteiger partial charge in [0, 0.05) is 6.07 Å². The third-order valence-corrected chi connectivity index (χ3v) is 2.14. The number of nitro groups is 1. The van der Waals surface area contributed by atoms with Crippen LogP contribution in [0.5, 0.6) is 0 Å². The molecule has 2 N–H and O–H groups in total. The van der Waals surface area contributed by atoms with Crippen LogP contribution in [0.25, 0.3) is 0 Å². The number of hydrogen-bond acceptors (Lipinski definition) is 5. The number of carbonyl (C=O) groups is 1. The first-order chi connectivity index (χ1) is 9.14. The average molecular weight is 286 g/mol. The quantitative estimate of drug-likeness (QED) is 0.656. The lowest BCUT2D eigenvalue weighted by Crippen LogP contribution is -2.27. The molecule has 0 aliphatic rings. The van der Waals surface area contributed by atoms with Gasteiger partial charge in [0.15, 0.2) is 0 Å². The van der Waals surface area contributed by atoms with Gasteiger partial charge in [0.05, 0.1) is 17.1 Å². The van der Waals surface area contributed by atoms with Gasteiger partial charge in [-0.2, -0.15) is 0 Å². The summed E-state index contributed by atoms with van der Waals surface area (Å²) in [7, 11) is 0. The van der Waals surface area contributed by atoms with Crippen LogP contribution in [0.3, 0.4) is 0 Å². The molecular weight excluding hydrogens is 271 g/mol. The molecule has 20 heavy (non-hydrogen) atoms. The fourth-order valence-corrected chi connectivity index (χ4v) is 1.50. The zero-order valence-corrected chi connectivity index (χ0v) is 11.3. The van der Waals surface area contributed by atoms with Crippen molar-refractivity contribution in [3.8, 4) is 0 Å². The summed E-state index contributed by atoms with van der Waals surface area (Å²) in [6.45, 7) is 4.13. The van der Waals surface area contributed by atoms with Crippen molar-refractivity contribution in [2.75, 3.05) is 5.32 Å². The zero-order valence-electron chi connectivity index (χ0n) is 11.3. The van der Waals surface area contributed by atoms with E-state index >= 15 is 0 Å². The van der Waals surface area contributed by atoms with Gasteiger partial charge in [0.25, 0.3) is 5.69 Å². The van der Waals surface area contributed by atoms with E-state index in [1.165, 1.54) is 0 Å². The lowest BCUT2D eigenvalue weighted by atomic mass is 10.1. The number of nitro benzene ring substituents is 1.